The Labute approximate surface area is 445 Å². The normalized spacial score (nSPS) is 27.8. The number of carbonyl (C=O) groups is 8. The summed E-state index contributed by atoms with van der Waals surface area (Å²) in [7, 11) is 4.08. The smallest absolute Gasteiger partial charge is 0.329 e. The van der Waals surface area contributed by atoms with Gasteiger partial charge in [-0.2, -0.15) is 0 Å². The number of phenols is 1. The summed E-state index contributed by atoms with van der Waals surface area (Å²) in [5, 5.41) is 43.8. The Hall–Kier alpha value is -6.42. The molecule has 418 valence electrons. The molecule has 14 atom stereocenters. The van der Waals surface area contributed by atoms with Crippen LogP contribution in [0, 0.1) is 17.8 Å². The third-order valence-corrected chi connectivity index (χ3v) is 15.0. The van der Waals surface area contributed by atoms with Gasteiger partial charge in [-0.05, 0) is 92.9 Å². The third kappa shape index (κ3) is 15.8. The molecule has 1 aliphatic carbocycles. The number of aliphatic hydroxyl groups excluding tert-OH is 2. The molecule has 2 heterocycles. The number of likely N-dealkylation sites (N-methyl/N-ethyl adjacent to an activating group) is 1. The molecule has 0 radical (unpaired) electrons. The number of nitrogens with one attached hydrogen (secondary N) is 5. The highest BCUT2D eigenvalue weighted by atomic mass is 16.5. The summed E-state index contributed by atoms with van der Waals surface area (Å²) < 4.78 is 17.0. The summed E-state index contributed by atoms with van der Waals surface area (Å²) in [5.74, 6) is -7.88. The maximum atomic E-state index is 15.2. The second-order valence-corrected chi connectivity index (χ2v) is 20.3. The number of aromatic hydroxyl groups is 1. The number of aliphatic hydroxyl groups is 2. The number of aryl methyl sites for hydroxylation is 1. The fourth-order valence-electron chi connectivity index (χ4n) is 9.83. The lowest BCUT2D eigenvalue weighted by atomic mass is 9.88. The number of piperidine rings is 1. The number of carbonyl (C=O) groups excluding carboxylic acids is 8. The molecular weight excluding hydrogens is 983 g/mol. The summed E-state index contributed by atoms with van der Waals surface area (Å²) in [4.78, 5) is 120. The van der Waals surface area contributed by atoms with Gasteiger partial charge in [0.05, 0.1) is 12.7 Å². The van der Waals surface area contributed by atoms with E-state index in [1.165, 1.54) is 50.1 Å². The molecule has 0 aromatic heterocycles. The van der Waals surface area contributed by atoms with E-state index in [0.717, 1.165) is 0 Å². The van der Waals surface area contributed by atoms with Crippen molar-refractivity contribution in [1.29, 1.82) is 0 Å². The zero-order valence-corrected chi connectivity index (χ0v) is 44.9. The van der Waals surface area contributed by atoms with E-state index in [4.69, 9.17) is 14.2 Å². The zero-order chi connectivity index (χ0) is 55.8. The number of fused-ring (bicyclic) bond motifs is 2. The van der Waals surface area contributed by atoms with Crippen LogP contribution in [-0.2, 0) is 65.4 Å². The van der Waals surface area contributed by atoms with Crippen molar-refractivity contribution in [1.82, 2.24) is 36.4 Å². The number of hydrogen-bond donors (Lipinski definition) is 8. The van der Waals surface area contributed by atoms with Crippen molar-refractivity contribution in [3.05, 3.63) is 77.9 Å². The Bertz CT molecular complexity index is 2330. The standard InChI is InChI=1S/C55H79N7O14/c1-9-31(3)45-55(73)76-33(5)46(60-48(66)39(56-51(69)43(30-63)74-7)25-20-34-16-21-37(64)22-17-34)52(70)58-41(28-36-18-23-38(65)24-19-36)49(67)57-40-26-27-44(75-8)62(53(40)71)47(32(4)10-2)54(72)61(6)42(50(68)59-45)29-35-14-12-11-13-15-35/h11-18,21-23,31-33,36,38-47,63-65H,9-10,19-20,24-30H2,1-8H3,(H,56,69)(H,57,67)(H,58,70)(H,59,68)(H,60,66)/t31-,32-,33+,36-,38-,39+,40-,41-,42?,43+,44+,45-,46-,47-/m0/s1. The summed E-state index contributed by atoms with van der Waals surface area (Å²) in [6.45, 7) is 7.80. The number of ether oxygens (including phenoxy) is 3. The Morgan fingerprint density at radius 2 is 1.50 bits per heavy atom. The Morgan fingerprint density at radius 3 is 2.11 bits per heavy atom. The predicted octanol–water partition coefficient (Wildman–Crippen LogP) is 1.54. The topological polar surface area (TPSA) is 292 Å². The van der Waals surface area contributed by atoms with Crippen molar-refractivity contribution < 1.29 is 67.9 Å². The summed E-state index contributed by atoms with van der Waals surface area (Å²) in [6.07, 6.45) is 0.703. The summed E-state index contributed by atoms with van der Waals surface area (Å²) >= 11 is 0. The van der Waals surface area contributed by atoms with Gasteiger partial charge in [0.2, 0.25) is 35.4 Å². The number of amides is 7. The van der Waals surface area contributed by atoms with Gasteiger partial charge in [0.25, 0.3) is 5.91 Å². The fourth-order valence-corrected chi connectivity index (χ4v) is 9.83. The zero-order valence-electron chi connectivity index (χ0n) is 44.9. The Balaban J connectivity index is 1.64. The van der Waals surface area contributed by atoms with Crippen molar-refractivity contribution in [3.63, 3.8) is 0 Å². The van der Waals surface area contributed by atoms with Crippen LogP contribution >= 0.6 is 0 Å². The summed E-state index contributed by atoms with van der Waals surface area (Å²) in [5.41, 5.74) is 1.36. The highest BCUT2D eigenvalue weighted by Crippen LogP contribution is 2.30. The molecule has 7 amide bonds. The first kappa shape index (κ1) is 60.4. The Morgan fingerprint density at radius 1 is 0.816 bits per heavy atom. The molecule has 2 aliphatic heterocycles. The van der Waals surface area contributed by atoms with Crippen molar-refractivity contribution in [2.24, 2.45) is 17.8 Å². The highest BCUT2D eigenvalue weighted by molar-refractivity contribution is 5.98. The molecule has 2 aromatic carbocycles. The van der Waals surface area contributed by atoms with E-state index in [1.807, 2.05) is 13.8 Å². The number of cyclic esters (lactones) is 1. The average molecular weight is 1060 g/mol. The van der Waals surface area contributed by atoms with Gasteiger partial charge in [-0.25, -0.2) is 4.79 Å². The molecular formula is C55H79N7O14. The molecule has 3 aliphatic rings. The third-order valence-electron chi connectivity index (χ3n) is 15.0. The number of phenolic OH excluding ortho intramolecular Hbond substituents is 1. The number of allylic oxidation sites excluding steroid dienone is 1. The van der Waals surface area contributed by atoms with Gasteiger partial charge < -0.3 is 65.9 Å². The maximum absolute atomic E-state index is 15.2. The van der Waals surface area contributed by atoms with Crippen molar-refractivity contribution in [3.8, 4) is 5.75 Å². The van der Waals surface area contributed by atoms with Gasteiger partial charge in [0.1, 0.15) is 60.4 Å². The van der Waals surface area contributed by atoms with Crippen LogP contribution in [0.15, 0.2) is 66.7 Å². The number of rotatable bonds is 18. The number of benzene rings is 2. The molecule has 0 saturated carbocycles. The van der Waals surface area contributed by atoms with Gasteiger partial charge in [-0.15, -0.1) is 0 Å². The lowest BCUT2D eigenvalue weighted by Gasteiger charge is -2.46. The lowest BCUT2D eigenvalue weighted by Crippen LogP contribution is -2.66. The molecule has 0 spiro atoms. The van der Waals surface area contributed by atoms with E-state index in [1.54, 1.807) is 68.5 Å². The lowest BCUT2D eigenvalue weighted by molar-refractivity contribution is -0.171. The first-order chi connectivity index (χ1) is 36.2. The SMILES string of the molecule is CC[C@H](C)[C@@H]1NC(=O)C(Cc2ccccc2)N(C)C(=O)[C@H]([C@@H](C)CC)N2C(=O)[C@H](CC[C@H]2OC)NC(=O)[C@H](C[C@H]2C=C[C@H](O)CC2)NC(=O)[C@@H](NC(=O)[C@@H](CCc2ccc(O)cc2)NC(=O)[C@@H](CO)OC)[C@@H](C)OC1=O. The first-order valence-corrected chi connectivity index (χ1v) is 26.4. The molecule has 8 N–H and O–H groups in total. The molecule has 76 heavy (non-hydrogen) atoms. The quantitative estimate of drug-likeness (QED) is 0.0777. The van der Waals surface area contributed by atoms with Gasteiger partial charge in [-0.1, -0.05) is 95.2 Å². The van der Waals surface area contributed by atoms with Crippen molar-refractivity contribution in [2.45, 2.75) is 166 Å². The van der Waals surface area contributed by atoms with E-state index in [9.17, 15) is 44.1 Å². The molecule has 2 aromatic rings. The van der Waals surface area contributed by atoms with E-state index < -0.39 is 133 Å². The van der Waals surface area contributed by atoms with E-state index in [2.05, 4.69) is 26.6 Å². The predicted molar refractivity (Wildman–Crippen MR) is 278 cm³/mol. The molecule has 5 rings (SSSR count). The average Bonchev–Trinajstić information content (AvgIpc) is 3.42. The highest BCUT2D eigenvalue weighted by Gasteiger charge is 2.48. The molecule has 2 bridgehead atoms. The fraction of sp³-hybridized carbons (Fsp3) is 0.600. The molecule has 21 heteroatoms. The number of esters is 1. The molecule has 21 nitrogen and oxygen atoms in total. The molecule has 2 saturated heterocycles. The second-order valence-electron chi connectivity index (χ2n) is 20.3. The van der Waals surface area contributed by atoms with E-state index >= 15 is 9.59 Å². The van der Waals surface area contributed by atoms with Crippen molar-refractivity contribution >= 4 is 47.3 Å². The van der Waals surface area contributed by atoms with Crippen molar-refractivity contribution in [2.75, 3.05) is 27.9 Å². The largest absolute Gasteiger partial charge is 0.508 e. The van der Waals surface area contributed by atoms with Gasteiger partial charge >= 0.3 is 5.97 Å². The van der Waals surface area contributed by atoms with Gasteiger partial charge in [0, 0.05) is 27.7 Å². The second kappa shape index (κ2) is 28.6. The minimum absolute atomic E-state index is 0.000158. The van der Waals surface area contributed by atoms with Gasteiger partial charge in [-0.3, -0.25) is 33.6 Å². The summed E-state index contributed by atoms with van der Waals surface area (Å²) in [6, 6.07) is 5.52. The van der Waals surface area contributed by atoms with Crippen LogP contribution in [0.5, 0.6) is 5.75 Å². The van der Waals surface area contributed by atoms with Crippen LogP contribution < -0.4 is 26.6 Å². The number of hydrogen-bond acceptors (Lipinski definition) is 14. The van der Waals surface area contributed by atoms with Crippen LogP contribution in [0.2, 0.25) is 0 Å². The molecule has 1 unspecified atom stereocenters. The number of nitrogens with zero attached hydrogens (tertiary/aromatic N) is 2. The van der Waals surface area contributed by atoms with Crippen LogP contribution in [0.3, 0.4) is 0 Å². The first-order valence-electron chi connectivity index (χ1n) is 26.4. The minimum atomic E-state index is -1.78. The minimum Gasteiger partial charge on any atom is -0.508 e. The van der Waals surface area contributed by atoms with E-state index in [-0.39, 0.29) is 50.2 Å². The van der Waals surface area contributed by atoms with E-state index in [0.29, 0.717) is 36.8 Å². The van der Waals surface area contributed by atoms with Crippen LogP contribution in [0.25, 0.3) is 0 Å². The monoisotopic (exact) mass is 1060 g/mol. The van der Waals surface area contributed by atoms with Crippen LogP contribution in [0.4, 0.5) is 0 Å². The number of methoxy groups -OCH3 is 2. The Kier molecular flexibility index (Phi) is 22.8. The molecule has 2 fully saturated rings. The van der Waals surface area contributed by atoms with Gasteiger partial charge in [0.15, 0.2) is 6.10 Å². The maximum Gasteiger partial charge on any atom is 0.329 e. The van der Waals surface area contributed by atoms with Crippen LogP contribution in [0.1, 0.15) is 97.1 Å². The van der Waals surface area contributed by atoms with Crippen LogP contribution in [-0.4, -0.2) is 167 Å².